The molecular weight excluding hydrogens is 236 g/mol. The number of carbonyl (C=O) groups excluding carboxylic acids is 2. The van der Waals surface area contributed by atoms with Crippen molar-refractivity contribution in [3.63, 3.8) is 0 Å². The predicted octanol–water partition coefficient (Wildman–Crippen LogP) is 0.882. The summed E-state index contributed by atoms with van der Waals surface area (Å²) in [5, 5.41) is 11.5. The molecule has 0 atom stereocenters. The predicted molar refractivity (Wildman–Crippen MR) is 62.8 cm³/mol. The van der Waals surface area contributed by atoms with Crippen LogP contribution < -0.4 is 5.32 Å². The van der Waals surface area contributed by atoms with Crippen molar-refractivity contribution >= 4 is 17.9 Å². The van der Waals surface area contributed by atoms with E-state index < -0.39 is 17.5 Å². The molecule has 0 radical (unpaired) electrons. The average molecular weight is 252 g/mol. The first-order valence-corrected chi connectivity index (χ1v) is 6.01. The van der Waals surface area contributed by atoms with E-state index in [0.29, 0.717) is 12.8 Å². The number of carboxylic acid groups (broad SMARTS) is 1. The molecule has 1 spiro atoms. The van der Waals surface area contributed by atoms with Crippen LogP contribution in [-0.2, 0) is 9.59 Å². The second-order valence-corrected chi connectivity index (χ2v) is 4.87. The van der Waals surface area contributed by atoms with E-state index in [-0.39, 0.29) is 18.0 Å². The maximum atomic E-state index is 12.3. The van der Waals surface area contributed by atoms with Gasteiger partial charge in [-0.05, 0) is 12.8 Å². The van der Waals surface area contributed by atoms with Crippen molar-refractivity contribution in [3.05, 3.63) is 12.2 Å². The molecule has 0 aromatic heterocycles. The normalized spacial score (nSPS) is 22.1. The standard InChI is InChI=1S/C12H16N2O4/c1-8(9(15)16)7-14-10(17)12(13-11(14)18)5-3-2-4-6-12/h1-7H2,(H,13,18)(H,15,16). The van der Waals surface area contributed by atoms with Crippen LogP contribution in [0, 0.1) is 0 Å². The minimum Gasteiger partial charge on any atom is -0.478 e. The molecule has 6 nitrogen and oxygen atoms in total. The Labute approximate surface area is 105 Å². The topological polar surface area (TPSA) is 86.7 Å². The lowest BCUT2D eigenvalue weighted by Gasteiger charge is -2.30. The summed E-state index contributed by atoms with van der Waals surface area (Å²) in [5.74, 6) is -1.50. The second kappa shape index (κ2) is 4.44. The summed E-state index contributed by atoms with van der Waals surface area (Å²) in [4.78, 5) is 35.7. The Morgan fingerprint density at radius 2 is 1.94 bits per heavy atom. The van der Waals surface area contributed by atoms with E-state index in [2.05, 4.69) is 11.9 Å². The van der Waals surface area contributed by atoms with E-state index in [1.807, 2.05) is 0 Å². The quantitative estimate of drug-likeness (QED) is 0.576. The summed E-state index contributed by atoms with van der Waals surface area (Å²) in [6.07, 6.45) is 4.13. The highest BCUT2D eigenvalue weighted by Crippen LogP contribution is 2.33. The second-order valence-electron chi connectivity index (χ2n) is 4.87. The Hall–Kier alpha value is -1.85. The molecule has 0 aromatic rings. The molecule has 2 aliphatic rings. The van der Waals surface area contributed by atoms with E-state index in [9.17, 15) is 14.4 Å². The summed E-state index contributed by atoms with van der Waals surface area (Å²) in [6, 6.07) is -0.510. The van der Waals surface area contributed by atoms with E-state index in [4.69, 9.17) is 5.11 Å². The van der Waals surface area contributed by atoms with Gasteiger partial charge < -0.3 is 10.4 Å². The Bertz CT molecular complexity index is 424. The van der Waals surface area contributed by atoms with E-state index >= 15 is 0 Å². The van der Waals surface area contributed by atoms with E-state index in [1.54, 1.807) is 0 Å². The molecule has 2 fully saturated rings. The molecule has 0 bridgehead atoms. The van der Waals surface area contributed by atoms with Gasteiger partial charge in [0, 0.05) is 5.57 Å². The van der Waals surface area contributed by atoms with Crippen molar-refractivity contribution in [2.75, 3.05) is 6.54 Å². The number of urea groups is 1. The SMILES string of the molecule is C=C(CN1C(=O)NC2(CCCCC2)C1=O)C(=O)O. The monoisotopic (exact) mass is 252 g/mol. The Morgan fingerprint density at radius 1 is 1.33 bits per heavy atom. The molecule has 2 rings (SSSR count). The van der Waals surface area contributed by atoms with Crippen molar-refractivity contribution in [3.8, 4) is 0 Å². The third-order valence-electron chi connectivity index (χ3n) is 3.60. The van der Waals surface area contributed by atoms with Crippen LogP contribution in [-0.4, -0.2) is 40.0 Å². The molecule has 0 unspecified atom stereocenters. The Morgan fingerprint density at radius 3 is 2.50 bits per heavy atom. The molecule has 1 aliphatic heterocycles. The number of rotatable bonds is 3. The van der Waals surface area contributed by atoms with E-state index in [0.717, 1.165) is 24.2 Å². The summed E-state index contributed by atoms with van der Waals surface area (Å²) < 4.78 is 0. The Kier molecular flexibility index (Phi) is 3.11. The van der Waals surface area contributed by atoms with E-state index in [1.165, 1.54) is 0 Å². The number of imide groups is 1. The van der Waals surface area contributed by atoms with Gasteiger partial charge >= 0.3 is 12.0 Å². The summed E-state index contributed by atoms with van der Waals surface area (Å²) >= 11 is 0. The van der Waals surface area contributed by atoms with Crippen LogP contribution in [0.5, 0.6) is 0 Å². The first-order valence-electron chi connectivity index (χ1n) is 6.01. The molecular formula is C12H16N2O4. The highest BCUT2D eigenvalue weighted by molar-refractivity contribution is 6.08. The molecule has 0 aromatic carbocycles. The fraction of sp³-hybridized carbons (Fsp3) is 0.583. The maximum absolute atomic E-state index is 12.3. The lowest BCUT2D eigenvalue weighted by molar-refractivity contribution is -0.134. The number of hydrogen-bond donors (Lipinski definition) is 2. The smallest absolute Gasteiger partial charge is 0.332 e. The number of amides is 3. The molecule has 98 valence electrons. The van der Waals surface area contributed by atoms with Gasteiger partial charge in [-0.2, -0.15) is 0 Å². The van der Waals surface area contributed by atoms with Crippen molar-refractivity contribution in [1.29, 1.82) is 0 Å². The van der Waals surface area contributed by atoms with Gasteiger partial charge in [0.25, 0.3) is 5.91 Å². The van der Waals surface area contributed by atoms with Crippen LogP contribution in [0.1, 0.15) is 32.1 Å². The molecule has 3 amide bonds. The van der Waals surface area contributed by atoms with Crippen molar-refractivity contribution in [2.24, 2.45) is 0 Å². The third-order valence-corrected chi connectivity index (χ3v) is 3.60. The molecule has 2 N–H and O–H groups in total. The first kappa shape index (κ1) is 12.6. The van der Waals surface area contributed by atoms with Gasteiger partial charge in [-0.3, -0.25) is 9.69 Å². The Balaban J connectivity index is 2.14. The number of carboxylic acids is 1. The molecule has 1 saturated heterocycles. The van der Waals surface area contributed by atoms with Crippen molar-refractivity contribution < 1.29 is 19.5 Å². The zero-order valence-electron chi connectivity index (χ0n) is 10.1. The number of aliphatic carboxylic acids is 1. The fourth-order valence-electron chi connectivity index (χ4n) is 2.57. The van der Waals surface area contributed by atoms with Crippen LogP contribution >= 0.6 is 0 Å². The van der Waals surface area contributed by atoms with Gasteiger partial charge in [0.15, 0.2) is 0 Å². The van der Waals surface area contributed by atoms with Gasteiger partial charge in [0.1, 0.15) is 5.54 Å². The summed E-state index contributed by atoms with van der Waals surface area (Å²) in [6.45, 7) is 3.10. The zero-order chi connectivity index (χ0) is 13.3. The number of nitrogens with one attached hydrogen (secondary N) is 1. The van der Waals surface area contributed by atoms with Crippen molar-refractivity contribution in [2.45, 2.75) is 37.6 Å². The minimum atomic E-state index is -1.19. The summed E-state index contributed by atoms with van der Waals surface area (Å²) in [7, 11) is 0. The molecule has 6 heteroatoms. The molecule has 18 heavy (non-hydrogen) atoms. The van der Waals surface area contributed by atoms with Crippen LogP contribution in [0.4, 0.5) is 4.79 Å². The number of carbonyl (C=O) groups is 3. The summed E-state index contributed by atoms with van der Waals surface area (Å²) in [5.41, 5.74) is -0.958. The maximum Gasteiger partial charge on any atom is 0.332 e. The third kappa shape index (κ3) is 1.98. The minimum absolute atomic E-state index is 0.161. The van der Waals surface area contributed by atoms with Gasteiger partial charge in [-0.15, -0.1) is 0 Å². The fourth-order valence-corrected chi connectivity index (χ4v) is 2.57. The zero-order valence-corrected chi connectivity index (χ0v) is 10.1. The van der Waals surface area contributed by atoms with Crippen LogP contribution in [0.2, 0.25) is 0 Å². The first-order chi connectivity index (χ1) is 8.46. The van der Waals surface area contributed by atoms with Gasteiger partial charge in [-0.25, -0.2) is 9.59 Å². The van der Waals surface area contributed by atoms with Gasteiger partial charge in [0.2, 0.25) is 0 Å². The number of hydrogen-bond acceptors (Lipinski definition) is 3. The average Bonchev–Trinajstić information content (AvgIpc) is 2.55. The van der Waals surface area contributed by atoms with Gasteiger partial charge in [-0.1, -0.05) is 25.8 Å². The molecule has 1 aliphatic carbocycles. The lowest BCUT2D eigenvalue weighted by Crippen LogP contribution is -2.48. The number of nitrogens with zero attached hydrogens (tertiary/aromatic N) is 1. The van der Waals surface area contributed by atoms with Crippen LogP contribution in [0.3, 0.4) is 0 Å². The van der Waals surface area contributed by atoms with Crippen LogP contribution in [0.25, 0.3) is 0 Å². The highest BCUT2D eigenvalue weighted by Gasteiger charge is 2.51. The lowest BCUT2D eigenvalue weighted by atomic mass is 9.82. The van der Waals surface area contributed by atoms with Crippen molar-refractivity contribution in [1.82, 2.24) is 10.2 Å². The largest absolute Gasteiger partial charge is 0.478 e. The molecule has 1 saturated carbocycles. The van der Waals surface area contributed by atoms with Crippen LogP contribution in [0.15, 0.2) is 12.2 Å². The highest BCUT2D eigenvalue weighted by atomic mass is 16.4. The van der Waals surface area contributed by atoms with Gasteiger partial charge in [0.05, 0.1) is 6.54 Å². The molecule has 1 heterocycles.